The van der Waals surface area contributed by atoms with Gasteiger partial charge in [-0.1, -0.05) is 12.1 Å². The van der Waals surface area contributed by atoms with Crippen LogP contribution in [-0.2, 0) is 0 Å². The molecule has 0 aliphatic heterocycles. The Morgan fingerprint density at radius 2 is 2.06 bits per heavy atom. The lowest BCUT2D eigenvalue weighted by Gasteiger charge is -2.19. The number of rotatable bonds is 5. The summed E-state index contributed by atoms with van der Waals surface area (Å²) in [6.07, 6.45) is 0. The highest BCUT2D eigenvalue weighted by molar-refractivity contribution is 5.96. The number of halogens is 2. The summed E-state index contributed by atoms with van der Waals surface area (Å²) in [6, 6.07) is 5.81. The van der Waals surface area contributed by atoms with Gasteiger partial charge in [-0.25, -0.2) is 0 Å². The number of carbonyl (C=O) groups excluding carboxylic acids is 1. The average Bonchev–Trinajstić information content (AvgIpc) is 2.25. The Labute approximate surface area is 104 Å². The summed E-state index contributed by atoms with van der Waals surface area (Å²) < 4.78 is 28.6. The van der Waals surface area contributed by atoms with Crippen molar-refractivity contribution in [1.29, 1.82) is 0 Å². The molecule has 1 aromatic rings. The van der Waals surface area contributed by atoms with Gasteiger partial charge in [0.2, 0.25) is 0 Å². The van der Waals surface area contributed by atoms with Gasteiger partial charge >= 0.3 is 6.61 Å². The predicted molar refractivity (Wildman–Crippen MR) is 63.7 cm³/mol. The fraction of sp³-hybridized carbons (Fsp3) is 0.417. The zero-order valence-electron chi connectivity index (χ0n) is 10.2. The van der Waals surface area contributed by atoms with Gasteiger partial charge in [-0.05, 0) is 26.0 Å². The van der Waals surface area contributed by atoms with Crippen molar-refractivity contribution < 1.29 is 18.3 Å². The molecule has 6 heteroatoms. The fourth-order valence-electron chi connectivity index (χ4n) is 1.26. The molecule has 0 fully saturated rings. The number of benzene rings is 1. The van der Waals surface area contributed by atoms with E-state index >= 15 is 0 Å². The smallest absolute Gasteiger partial charge is 0.387 e. The van der Waals surface area contributed by atoms with Crippen LogP contribution in [0.1, 0.15) is 24.2 Å². The van der Waals surface area contributed by atoms with Crippen molar-refractivity contribution in [2.24, 2.45) is 5.73 Å². The van der Waals surface area contributed by atoms with Crippen LogP contribution in [0.5, 0.6) is 5.75 Å². The van der Waals surface area contributed by atoms with Crippen LogP contribution in [-0.4, -0.2) is 24.6 Å². The van der Waals surface area contributed by atoms with Crippen molar-refractivity contribution >= 4 is 5.91 Å². The minimum absolute atomic E-state index is 0.0575. The van der Waals surface area contributed by atoms with E-state index in [0.717, 1.165) is 0 Å². The molecular weight excluding hydrogens is 242 g/mol. The number of nitrogens with two attached hydrogens (primary N) is 1. The molecule has 18 heavy (non-hydrogen) atoms. The molecule has 1 amide bonds. The maximum atomic E-state index is 12.2. The van der Waals surface area contributed by atoms with Crippen molar-refractivity contribution in [3.05, 3.63) is 29.8 Å². The van der Waals surface area contributed by atoms with E-state index in [-0.39, 0.29) is 17.9 Å². The molecule has 0 saturated carbocycles. The Hall–Kier alpha value is -1.69. The van der Waals surface area contributed by atoms with E-state index in [0.29, 0.717) is 0 Å². The van der Waals surface area contributed by atoms with Crippen molar-refractivity contribution in [3.63, 3.8) is 0 Å². The number of hydrogen-bond donors (Lipinski definition) is 2. The fourth-order valence-corrected chi connectivity index (χ4v) is 1.26. The predicted octanol–water partition coefficient (Wildman–Crippen LogP) is 1.76. The SMILES string of the molecule is CC(C)(N)CNC(=O)c1ccccc1OC(F)F. The largest absolute Gasteiger partial charge is 0.434 e. The van der Waals surface area contributed by atoms with Crippen LogP contribution >= 0.6 is 0 Å². The van der Waals surface area contributed by atoms with Gasteiger partial charge in [0.15, 0.2) is 0 Å². The normalized spacial score (nSPS) is 11.4. The number of alkyl halides is 2. The van der Waals surface area contributed by atoms with Gasteiger partial charge in [0, 0.05) is 12.1 Å². The van der Waals surface area contributed by atoms with Crippen LogP contribution in [0.4, 0.5) is 8.78 Å². The Morgan fingerprint density at radius 1 is 1.44 bits per heavy atom. The molecule has 1 aromatic carbocycles. The summed E-state index contributed by atoms with van der Waals surface area (Å²) in [5.41, 5.74) is 5.20. The Kier molecular flexibility index (Phi) is 4.61. The molecule has 0 unspecified atom stereocenters. The summed E-state index contributed by atoms with van der Waals surface area (Å²) in [5, 5.41) is 2.56. The average molecular weight is 258 g/mol. The molecule has 0 atom stereocenters. The highest BCUT2D eigenvalue weighted by atomic mass is 19.3. The zero-order valence-corrected chi connectivity index (χ0v) is 10.2. The third-order valence-electron chi connectivity index (χ3n) is 2.05. The van der Waals surface area contributed by atoms with E-state index < -0.39 is 18.1 Å². The second-order valence-electron chi connectivity index (χ2n) is 4.55. The van der Waals surface area contributed by atoms with Crippen molar-refractivity contribution in [2.45, 2.75) is 26.0 Å². The first-order valence-electron chi connectivity index (χ1n) is 5.40. The number of ether oxygens (including phenoxy) is 1. The molecular formula is C12H16F2N2O2. The highest BCUT2D eigenvalue weighted by Crippen LogP contribution is 2.20. The molecule has 0 heterocycles. The van der Waals surface area contributed by atoms with Gasteiger partial charge in [0.1, 0.15) is 5.75 Å². The molecule has 0 bridgehead atoms. The first-order chi connectivity index (χ1) is 8.29. The molecule has 0 saturated heterocycles. The number of nitrogens with one attached hydrogen (secondary N) is 1. The molecule has 1 rings (SSSR count). The van der Waals surface area contributed by atoms with Gasteiger partial charge in [0.05, 0.1) is 5.56 Å². The highest BCUT2D eigenvalue weighted by Gasteiger charge is 2.17. The summed E-state index contributed by atoms with van der Waals surface area (Å²) in [6.45, 7) is 0.753. The van der Waals surface area contributed by atoms with Crippen molar-refractivity contribution in [3.8, 4) is 5.75 Å². The molecule has 0 spiro atoms. The van der Waals surface area contributed by atoms with E-state index in [1.54, 1.807) is 19.9 Å². The molecule has 0 radical (unpaired) electrons. The lowest BCUT2D eigenvalue weighted by atomic mass is 10.1. The number of amides is 1. The van der Waals surface area contributed by atoms with Crippen LogP contribution in [0.15, 0.2) is 24.3 Å². The summed E-state index contributed by atoms with van der Waals surface area (Å²) in [4.78, 5) is 11.8. The van der Waals surface area contributed by atoms with Crippen LogP contribution in [0.25, 0.3) is 0 Å². The maximum absolute atomic E-state index is 12.2. The lowest BCUT2D eigenvalue weighted by Crippen LogP contribution is -2.45. The first-order valence-corrected chi connectivity index (χ1v) is 5.40. The van der Waals surface area contributed by atoms with E-state index in [9.17, 15) is 13.6 Å². The van der Waals surface area contributed by atoms with Crippen LogP contribution in [0.3, 0.4) is 0 Å². The van der Waals surface area contributed by atoms with Crippen molar-refractivity contribution in [2.75, 3.05) is 6.54 Å². The quantitative estimate of drug-likeness (QED) is 0.845. The minimum atomic E-state index is -2.97. The maximum Gasteiger partial charge on any atom is 0.387 e. The Bertz CT molecular complexity index is 417. The van der Waals surface area contributed by atoms with Crippen molar-refractivity contribution in [1.82, 2.24) is 5.32 Å². The van der Waals surface area contributed by atoms with E-state index in [2.05, 4.69) is 10.1 Å². The third kappa shape index (κ3) is 4.67. The van der Waals surface area contributed by atoms with Gasteiger partial charge in [-0.2, -0.15) is 8.78 Å². The van der Waals surface area contributed by atoms with Gasteiger partial charge < -0.3 is 15.8 Å². The van der Waals surface area contributed by atoms with E-state index in [1.807, 2.05) is 0 Å². The zero-order chi connectivity index (χ0) is 13.8. The minimum Gasteiger partial charge on any atom is -0.434 e. The molecule has 3 N–H and O–H groups in total. The first kappa shape index (κ1) is 14.4. The van der Waals surface area contributed by atoms with Crippen LogP contribution < -0.4 is 15.8 Å². The van der Waals surface area contributed by atoms with Gasteiger partial charge in [0.25, 0.3) is 5.91 Å². The summed E-state index contributed by atoms with van der Waals surface area (Å²) in [5.74, 6) is -0.649. The second-order valence-corrected chi connectivity index (χ2v) is 4.55. The molecule has 0 aromatic heterocycles. The topological polar surface area (TPSA) is 64.3 Å². The Morgan fingerprint density at radius 3 is 2.61 bits per heavy atom. The Balaban J connectivity index is 2.79. The van der Waals surface area contributed by atoms with E-state index in [4.69, 9.17) is 5.73 Å². The van der Waals surface area contributed by atoms with Gasteiger partial charge in [-0.15, -0.1) is 0 Å². The second kappa shape index (κ2) is 5.77. The van der Waals surface area contributed by atoms with Crippen LogP contribution in [0.2, 0.25) is 0 Å². The molecule has 4 nitrogen and oxygen atoms in total. The van der Waals surface area contributed by atoms with Crippen LogP contribution in [0, 0.1) is 0 Å². The number of carbonyl (C=O) groups is 1. The standard InChI is InChI=1S/C12H16F2N2O2/c1-12(2,15)7-16-10(17)8-5-3-4-6-9(8)18-11(13)14/h3-6,11H,7,15H2,1-2H3,(H,16,17). The summed E-state index contributed by atoms with van der Waals surface area (Å²) in [7, 11) is 0. The monoisotopic (exact) mass is 258 g/mol. The third-order valence-corrected chi connectivity index (χ3v) is 2.05. The lowest BCUT2D eigenvalue weighted by molar-refractivity contribution is -0.0501. The number of para-hydroxylation sites is 1. The summed E-state index contributed by atoms with van der Waals surface area (Å²) >= 11 is 0. The molecule has 0 aliphatic carbocycles. The molecule has 0 aliphatic rings. The molecule has 100 valence electrons. The van der Waals surface area contributed by atoms with Gasteiger partial charge in [-0.3, -0.25) is 4.79 Å². The number of hydrogen-bond acceptors (Lipinski definition) is 3. The van der Waals surface area contributed by atoms with E-state index in [1.165, 1.54) is 18.2 Å².